The Balaban J connectivity index is 1.69. The second kappa shape index (κ2) is 7.38. The van der Waals surface area contributed by atoms with Gasteiger partial charge in [0.2, 0.25) is 5.82 Å². The molecule has 0 bridgehead atoms. The first-order valence-electron chi connectivity index (χ1n) is 9.41. The second-order valence-electron chi connectivity index (χ2n) is 7.25. The number of ether oxygens (including phenoxy) is 1. The number of benzene rings is 1. The SMILES string of the molecule is COc1cccc(C2(NC(=O)c3nc4nc(C)cc(C(F)F)n4n3)CCCC2)c1. The highest BCUT2D eigenvalue weighted by Crippen LogP contribution is 2.40. The molecule has 2 heterocycles. The molecule has 1 aliphatic rings. The number of nitrogens with one attached hydrogen (secondary N) is 1. The van der Waals surface area contributed by atoms with Crippen molar-refractivity contribution in [1.29, 1.82) is 0 Å². The van der Waals surface area contributed by atoms with Crippen molar-refractivity contribution in [3.63, 3.8) is 0 Å². The number of hydrogen-bond donors (Lipinski definition) is 1. The van der Waals surface area contributed by atoms with Gasteiger partial charge in [0, 0.05) is 5.69 Å². The maximum atomic E-state index is 13.3. The van der Waals surface area contributed by atoms with E-state index in [9.17, 15) is 13.6 Å². The van der Waals surface area contributed by atoms with Crippen LogP contribution in [0.15, 0.2) is 30.3 Å². The summed E-state index contributed by atoms with van der Waals surface area (Å²) in [6, 6.07) is 8.82. The number of carbonyl (C=O) groups excluding carboxylic acids is 1. The van der Waals surface area contributed by atoms with Gasteiger partial charge in [0.15, 0.2) is 0 Å². The fourth-order valence-electron chi connectivity index (χ4n) is 3.92. The first kappa shape index (κ1) is 19.2. The van der Waals surface area contributed by atoms with Gasteiger partial charge in [-0.2, -0.15) is 9.50 Å². The number of aryl methyl sites for hydroxylation is 1. The van der Waals surface area contributed by atoms with Crippen LogP contribution in [-0.4, -0.2) is 32.6 Å². The molecule has 4 rings (SSSR count). The van der Waals surface area contributed by atoms with Crippen molar-refractivity contribution in [2.24, 2.45) is 0 Å². The Morgan fingerprint density at radius 3 is 2.69 bits per heavy atom. The van der Waals surface area contributed by atoms with Gasteiger partial charge in [-0.05, 0) is 43.5 Å². The summed E-state index contributed by atoms with van der Waals surface area (Å²) < 4.78 is 32.9. The number of aromatic nitrogens is 4. The summed E-state index contributed by atoms with van der Waals surface area (Å²) in [5, 5.41) is 7.05. The molecular formula is C20H21F2N5O2. The maximum Gasteiger partial charge on any atom is 0.291 e. The zero-order valence-corrected chi connectivity index (χ0v) is 16.2. The van der Waals surface area contributed by atoms with E-state index in [1.807, 2.05) is 24.3 Å². The molecule has 0 aliphatic heterocycles. The largest absolute Gasteiger partial charge is 0.497 e. The molecule has 0 saturated heterocycles. The summed E-state index contributed by atoms with van der Waals surface area (Å²) >= 11 is 0. The molecule has 1 N–H and O–H groups in total. The minimum Gasteiger partial charge on any atom is -0.497 e. The number of amides is 1. The number of rotatable bonds is 5. The highest BCUT2D eigenvalue weighted by atomic mass is 19.3. The van der Waals surface area contributed by atoms with E-state index in [0.29, 0.717) is 11.4 Å². The third-order valence-electron chi connectivity index (χ3n) is 5.33. The van der Waals surface area contributed by atoms with Crippen LogP contribution in [0.1, 0.15) is 59.7 Å². The van der Waals surface area contributed by atoms with E-state index in [4.69, 9.17) is 4.74 Å². The number of alkyl halides is 2. The third kappa shape index (κ3) is 3.52. The van der Waals surface area contributed by atoms with Gasteiger partial charge in [0.1, 0.15) is 11.4 Å². The molecule has 29 heavy (non-hydrogen) atoms. The zero-order valence-electron chi connectivity index (χ0n) is 16.2. The van der Waals surface area contributed by atoms with Crippen molar-refractivity contribution in [3.8, 4) is 5.75 Å². The van der Waals surface area contributed by atoms with Gasteiger partial charge < -0.3 is 10.1 Å². The van der Waals surface area contributed by atoms with E-state index in [-0.39, 0.29) is 17.3 Å². The van der Waals surface area contributed by atoms with Crippen molar-refractivity contribution in [1.82, 2.24) is 24.9 Å². The molecule has 1 saturated carbocycles. The van der Waals surface area contributed by atoms with Crippen LogP contribution in [0.25, 0.3) is 5.78 Å². The molecule has 7 nitrogen and oxygen atoms in total. The minimum absolute atomic E-state index is 0.0210. The molecule has 1 aromatic carbocycles. The molecule has 0 radical (unpaired) electrons. The lowest BCUT2D eigenvalue weighted by Gasteiger charge is -2.30. The van der Waals surface area contributed by atoms with E-state index in [1.165, 1.54) is 6.07 Å². The van der Waals surface area contributed by atoms with Gasteiger partial charge in [0.25, 0.3) is 18.1 Å². The van der Waals surface area contributed by atoms with Crippen molar-refractivity contribution >= 4 is 11.7 Å². The normalized spacial score (nSPS) is 15.8. The summed E-state index contributed by atoms with van der Waals surface area (Å²) in [4.78, 5) is 21.2. The predicted octanol–water partition coefficient (Wildman–Crippen LogP) is 3.58. The summed E-state index contributed by atoms with van der Waals surface area (Å²) in [6.07, 6.45) is 0.700. The minimum atomic E-state index is -2.75. The first-order chi connectivity index (χ1) is 13.9. The van der Waals surface area contributed by atoms with Crippen molar-refractivity contribution < 1.29 is 18.3 Å². The van der Waals surface area contributed by atoms with Gasteiger partial charge in [-0.3, -0.25) is 4.79 Å². The second-order valence-corrected chi connectivity index (χ2v) is 7.25. The molecule has 0 unspecified atom stereocenters. The van der Waals surface area contributed by atoms with Crippen molar-refractivity contribution in [2.75, 3.05) is 7.11 Å². The fraction of sp³-hybridized carbons (Fsp3) is 0.400. The lowest BCUT2D eigenvalue weighted by molar-refractivity contribution is 0.0886. The van der Waals surface area contributed by atoms with Gasteiger partial charge in [-0.1, -0.05) is 25.0 Å². The Kier molecular flexibility index (Phi) is 4.89. The fourth-order valence-corrected chi connectivity index (χ4v) is 3.92. The summed E-state index contributed by atoms with van der Waals surface area (Å²) in [5.41, 5.74) is 0.407. The van der Waals surface area contributed by atoms with Crippen LogP contribution in [0.5, 0.6) is 5.75 Å². The number of halogens is 2. The molecule has 3 aromatic rings. The monoisotopic (exact) mass is 401 g/mol. The molecule has 1 aliphatic carbocycles. The number of methoxy groups -OCH3 is 1. The van der Waals surface area contributed by atoms with Crippen LogP contribution in [-0.2, 0) is 5.54 Å². The standard InChI is InChI=1S/C20H21F2N5O2/c1-12-10-15(16(21)22)27-19(23-12)24-17(26-27)18(28)25-20(8-3-4-9-20)13-6-5-7-14(11-13)29-2/h5-7,10-11,16H,3-4,8-9H2,1-2H3,(H,25,28). The summed E-state index contributed by atoms with van der Waals surface area (Å²) in [7, 11) is 1.59. The number of hydrogen-bond acceptors (Lipinski definition) is 5. The number of fused-ring (bicyclic) bond motifs is 1. The smallest absolute Gasteiger partial charge is 0.291 e. The summed E-state index contributed by atoms with van der Waals surface area (Å²) in [6.45, 7) is 1.59. The number of nitrogens with zero attached hydrogens (tertiary/aromatic N) is 4. The Labute approximate surface area is 166 Å². The Morgan fingerprint density at radius 1 is 1.24 bits per heavy atom. The highest BCUT2D eigenvalue weighted by molar-refractivity contribution is 5.91. The lowest BCUT2D eigenvalue weighted by atomic mass is 9.88. The Bertz CT molecular complexity index is 1060. The average molecular weight is 401 g/mol. The van der Waals surface area contributed by atoms with Crippen LogP contribution in [0.2, 0.25) is 0 Å². The Hall–Kier alpha value is -3.10. The van der Waals surface area contributed by atoms with Gasteiger partial charge in [0.05, 0.1) is 12.6 Å². The summed E-state index contributed by atoms with van der Waals surface area (Å²) in [5.74, 6) is -0.0142. The molecule has 152 valence electrons. The van der Waals surface area contributed by atoms with Crippen LogP contribution in [0.4, 0.5) is 8.78 Å². The van der Waals surface area contributed by atoms with Gasteiger partial charge in [-0.25, -0.2) is 13.8 Å². The molecule has 1 amide bonds. The van der Waals surface area contributed by atoms with Crippen LogP contribution in [0.3, 0.4) is 0 Å². The van der Waals surface area contributed by atoms with Gasteiger partial charge in [-0.15, -0.1) is 5.10 Å². The van der Waals surface area contributed by atoms with E-state index in [2.05, 4.69) is 20.4 Å². The molecular weight excluding hydrogens is 380 g/mol. The van der Waals surface area contributed by atoms with E-state index in [0.717, 1.165) is 35.8 Å². The van der Waals surface area contributed by atoms with Gasteiger partial charge >= 0.3 is 0 Å². The van der Waals surface area contributed by atoms with Crippen LogP contribution >= 0.6 is 0 Å². The first-order valence-corrected chi connectivity index (χ1v) is 9.41. The maximum absolute atomic E-state index is 13.3. The topological polar surface area (TPSA) is 81.4 Å². The van der Waals surface area contributed by atoms with E-state index >= 15 is 0 Å². The van der Waals surface area contributed by atoms with E-state index in [1.54, 1.807) is 14.0 Å². The third-order valence-corrected chi connectivity index (χ3v) is 5.33. The molecule has 2 aromatic heterocycles. The molecule has 0 atom stereocenters. The quantitative estimate of drug-likeness (QED) is 0.707. The van der Waals surface area contributed by atoms with E-state index < -0.39 is 17.9 Å². The van der Waals surface area contributed by atoms with Crippen LogP contribution in [0, 0.1) is 6.92 Å². The van der Waals surface area contributed by atoms with Crippen molar-refractivity contribution in [2.45, 2.75) is 44.6 Å². The number of carbonyl (C=O) groups is 1. The van der Waals surface area contributed by atoms with Crippen molar-refractivity contribution in [3.05, 3.63) is 53.1 Å². The Morgan fingerprint density at radius 2 is 2.00 bits per heavy atom. The zero-order chi connectivity index (χ0) is 20.6. The average Bonchev–Trinajstić information content (AvgIpc) is 3.35. The predicted molar refractivity (Wildman–Crippen MR) is 101 cm³/mol. The molecule has 0 spiro atoms. The molecule has 1 fully saturated rings. The highest BCUT2D eigenvalue weighted by Gasteiger charge is 2.38. The lowest BCUT2D eigenvalue weighted by Crippen LogP contribution is -2.44. The molecule has 9 heteroatoms. The van der Waals surface area contributed by atoms with Crippen LogP contribution < -0.4 is 10.1 Å².